The normalized spacial score (nSPS) is 11.1. The second-order valence-electron chi connectivity index (χ2n) is 8.13. The number of nitrogens with one attached hydrogen (secondary N) is 1. The summed E-state index contributed by atoms with van der Waals surface area (Å²) in [4.78, 5) is 12.4. The fourth-order valence-corrected chi connectivity index (χ4v) is 3.60. The van der Waals surface area contributed by atoms with Crippen LogP contribution in [0.5, 0.6) is 11.5 Å². The van der Waals surface area contributed by atoms with Gasteiger partial charge in [-0.2, -0.15) is 10.2 Å². The smallest absolute Gasteiger partial charge is 0.248 e. The highest BCUT2D eigenvalue weighted by Gasteiger charge is 2.07. The van der Waals surface area contributed by atoms with E-state index in [0.29, 0.717) is 18.8 Å². The van der Waals surface area contributed by atoms with E-state index in [1.807, 2.05) is 73.4 Å². The number of hydrogen-bond acceptors (Lipinski definition) is 5. The summed E-state index contributed by atoms with van der Waals surface area (Å²) in [6.07, 6.45) is 10.5. The summed E-state index contributed by atoms with van der Waals surface area (Å²) in [7, 11) is 1.63. The molecule has 180 valence electrons. The van der Waals surface area contributed by atoms with Crippen molar-refractivity contribution in [1.82, 2.24) is 19.6 Å². The van der Waals surface area contributed by atoms with Crippen molar-refractivity contribution >= 4 is 17.7 Å². The van der Waals surface area contributed by atoms with Crippen LogP contribution in [0.3, 0.4) is 0 Å². The number of ether oxygens (including phenoxy) is 2. The number of aryl methyl sites for hydroxylation is 2. The third-order valence-corrected chi connectivity index (χ3v) is 5.37. The summed E-state index contributed by atoms with van der Waals surface area (Å²) in [5, 5.41) is 11.4. The average molecular weight is 472 g/mol. The number of rotatable bonds is 10. The molecule has 2 aromatic carbocycles. The molecular formula is C27H29N5O3. The molecule has 0 atom stereocenters. The summed E-state index contributed by atoms with van der Waals surface area (Å²) in [5.41, 5.74) is 4.57. The standard InChI is InChI=1S/C27H29N5O3/c1-4-31-16-22(14-28-31)17-32-18-24(15-29-32)30-27(33)11-9-21-8-10-26(34-3)23(13-21)19-35-25-7-5-6-20(2)12-25/h5-16,18H,4,17,19H2,1-3H3,(H,30,33)/b11-9+. The summed E-state index contributed by atoms with van der Waals surface area (Å²) >= 11 is 0. The zero-order valence-corrected chi connectivity index (χ0v) is 20.1. The lowest BCUT2D eigenvalue weighted by Gasteiger charge is -2.11. The Bertz CT molecular complexity index is 1320. The van der Waals surface area contributed by atoms with Crippen molar-refractivity contribution < 1.29 is 14.3 Å². The lowest BCUT2D eigenvalue weighted by molar-refractivity contribution is -0.111. The summed E-state index contributed by atoms with van der Waals surface area (Å²) in [5.74, 6) is 1.29. The Morgan fingerprint density at radius 2 is 1.94 bits per heavy atom. The van der Waals surface area contributed by atoms with E-state index in [4.69, 9.17) is 9.47 Å². The Hall–Kier alpha value is -4.33. The second kappa shape index (κ2) is 11.2. The van der Waals surface area contributed by atoms with Crippen LogP contribution in [0.1, 0.15) is 29.2 Å². The van der Waals surface area contributed by atoms with Gasteiger partial charge in [0.1, 0.15) is 18.1 Å². The van der Waals surface area contributed by atoms with Gasteiger partial charge in [-0.3, -0.25) is 14.2 Å². The second-order valence-corrected chi connectivity index (χ2v) is 8.13. The molecule has 0 fully saturated rings. The van der Waals surface area contributed by atoms with Crippen LogP contribution in [0.2, 0.25) is 0 Å². The van der Waals surface area contributed by atoms with E-state index in [9.17, 15) is 4.79 Å². The molecule has 35 heavy (non-hydrogen) atoms. The number of carbonyl (C=O) groups is 1. The minimum absolute atomic E-state index is 0.239. The summed E-state index contributed by atoms with van der Waals surface area (Å²) < 4.78 is 15.0. The lowest BCUT2D eigenvalue weighted by atomic mass is 10.1. The van der Waals surface area contributed by atoms with Gasteiger partial charge in [0.15, 0.2) is 0 Å². The Balaban J connectivity index is 1.36. The van der Waals surface area contributed by atoms with Crippen LogP contribution < -0.4 is 14.8 Å². The van der Waals surface area contributed by atoms with E-state index >= 15 is 0 Å². The Kier molecular flexibility index (Phi) is 7.62. The monoisotopic (exact) mass is 471 g/mol. The molecule has 4 aromatic rings. The van der Waals surface area contributed by atoms with Crippen LogP contribution in [0, 0.1) is 6.92 Å². The molecule has 0 bridgehead atoms. The number of amides is 1. The molecule has 8 nitrogen and oxygen atoms in total. The van der Waals surface area contributed by atoms with Gasteiger partial charge in [-0.1, -0.05) is 18.2 Å². The summed E-state index contributed by atoms with van der Waals surface area (Å²) in [6.45, 7) is 5.83. The van der Waals surface area contributed by atoms with Gasteiger partial charge in [0.25, 0.3) is 0 Å². The molecule has 4 rings (SSSR count). The van der Waals surface area contributed by atoms with Crippen molar-refractivity contribution in [3.05, 3.63) is 95.6 Å². The molecule has 0 aliphatic carbocycles. The van der Waals surface area contributed by atoms with Gasteiger partial charge in [0.2, 0.25) is 5.91 Å². The molecule has 0 aliphatic heterocycles. The van der Waals surface area contributed by atoms with Gasteiger partial charge in [0.05, 0.1) is 31.7 Å². The van der Waals surface area contributed by atoms with Crippen molar-refractivity contribution in [1.29, 1.82) is 0 Å². The molecule has 0 radical (unpaired) electrons. The predicted molar refractivity (Wildman–Crippen MR) is 135 cm³/mol. The Morgan fingerprint density at radius 3 is 2.71 bits per heavy atom. The molecule has 0 saturated carbocycles. The maximum atomic E-state index is 12.4. The Morgan fingerprint density at radius 1 is 1.09 bits per heavy atom. The number of hydrogen-bond donors (Lipinski definition) is 1. The SMILES string of the molecule is CCn1cc(Cn2cc(NC(=O)/C=C/c3ccc(OC)c(COc4cccc(C)c4)c3)cn2)cn1. The number of nitrogens with zero attached hydrogens (tertiary/aromatic N) is 4. The highest BCUT2D eigenvalue weighted by Crippen LogP contribution is 2.23. The molecule has 0 saturated heterocycles. The number of aromatic nitrogens is 4. The summed E-state index contributed by atoms with van der Waals surface area (Å²) in [6, 6.07) is 13.6. The third-order valence-electron chi connectivity index (χ3n) is 5.37. The minimum atomic E-state index is -0.239. The first-order chi connectivity index (χ1) is 17.0. The van der Waals surface area contributed by atoms with E-state index in [1.54, 1.807) is 30.3 Å². The quantitative estimate of drug-likeness (QED) is 0.339. The number of carbonyl (C=O) groups excluding carboxylic acids is 1. The predicted octanol–water partition coefficient (Wildman–Crippen LogP) is 4.70. The van der Waals surface area contributed by atoms with Crippen molar-refractivity contribution in [2.45, 2.75) is 33.5 Å². The van der Waals surface area contributed by atoms with E-state index in [2.05, 4.69) is 15.5 Å². The van der Waals surface area contributed by atoms with E-state index < -0.39 is 0 Å². The van der Waals surface area contributed by atoms with Crippen LogP contribution in [-0.4, -0.2) is 32.6 Å². The molecule has 0 aliphatic rings. The molecule has 1 N–H and O–H groups in total. The first-order valence-corrected chi connectivity index (χ1v) is 11.4. The van der Waals surface area contributed by atoms with Gasteiger partial charge in [0, 0.05) is 36.1 Å². The molecule has 0 unspecified atom stereocenters. The third kappa shape index (κ3) is 6.60. The Labute approximate surface area is 204 Å². The van der Waals surface area contributed by atoms with Gasteiger partial charge in [-0.25, -0.2) is 0 Å². The molecule has 8 heteroatoms. The molecule has 0 spiro atoms. The maximum Gasteiger partial charge on any atom is 0.248 e. The highest BCUT2D eigenvalue weighted by molar-refractivity contribution is 6.01. The van der Waals surface area contributed by atoms with Crippen LogP contribution >= 0.6 is 0 Å². The highest BCUT2D eigenvalue weighted by atomic mass is 16.5. The van der Waals surface area contributed by atoms with Crippen molar-refractivity contribution in [3.63, 3.8) is 0 Å². The first-order valence-electron chi connectivity index (χ1n) is 11.4. The molecule has 1 amide bonds. The van der Waals surface area contributed by atoms with Crippen molar-refractivity contribution in [2.24, 2.45) is 0 Å². The zero-order valence-electron chi connectivity index (χ0n) is 20.1. The van der Waals surface area contributed by atoms with Gasteiger partial charge < -0.3 is 14.8 Å². The van der Waals surface area contributed by atoms with Crippen LogP contribution in [0.25, 0.3) is 6.08 Å². The fraction of sp³-hybridized carbons (Fsp3) is 0.222. The molecule has 2 heterocycles. The van der Waals surface area contributed by atoms with Gasteiger partial charge in [-0.15, -0.1) is 0 Å². The van der Waals surface area contributed by atoms with Gasteiger partial charge >= 0.3 is 0 Å². The van der Waals surface area contributed by atoms with Crippen LogP contribution in [0.15, 0.2) is 73.3 Å². The van der Waals surface area contributed by atoms with Crippen molar-refractivity contribution in [2.75, 3.05) is 12.4 Å². The van der Waals surface area contributed by atoms with Crippen molar-refractivity contribution in [3.8, 4) is 11.5 Å². The average Bonchev–Trinajstić information content (AvgIpc) is 3.51. The van der Waals surface area contributed by atoms with Gasteiger partial charge in [-0.05, 0) is 55.3 Å². The largest absolute Gasteiger partial charge is 0.496 e. The topological polar surface area (TPSA) is 83.2 Å². The lowest BCUT2D eigenvalue weighted by Crippen LogP contribution is -2.07. The van der Waals surface area contributed by atoms with E-state index in [-0.39, 0.29) is 5.91 Å². The zero-order chi connectivity index (χ0) is 24.6. The van der Waals surface area contributed by atoms with Crippen LogP contribution in [-0.2, 0) is 24.5 Å². The molecular weight excluding hydrogens is 442 g/mol. The van der Waals surface area contributed by atoms with E-state index in [0.717, 1.165) is 40.3 Å². The number of anilines is 1. The number of benzene rings is 2. The van der Waals surface area contributed by atoms with Crippen LogP contribution in [0.4, 0.5) is 5.69 Å². The first kappa shape index (κ1) is 23.8. The molecule has 2 aromatic heterocycles. The fourth-order valence-electron chi connectivity index (χ4n) is 3.60. The maximum absolute atomic E-state index is 12.4. The van der Waals surface area contributed by atoms with E-state index in [1.165, 1.54) is 6.08 Å². The minimum Gasteiger partial charge on any atom is -0.496 e. The number of methoxy groups -OCH3 is 1.